The summed E-state index contributed by atoms with van der Waals surface area (Å²) in [5, 5.41) is 2.82. The molecule has 0 aromatic heterocycles. The molecule has 0 spiro atoms. The first-order valence-electron chi connectivity index (χ1n) is 10.6. The predicted octanol–water partition coefficient (Wildman–Crippen LogP) is 4.04. The van der Waals surface area contributed by atoms with Crippen LogP contribution in [0.25, 0.3) is 0 Å². The van der Waals surface area contributed by atoms with Gasteiger partial charge >= 0.3 is 5.97 Å². The summed E-state index contributed by atoms with van der Waals surface area (Å²) >= 11 is 0. The van der Waals surface area contributed by atoms with Crippen molar-refractivity contribution in [2.24, 2.45) is 0 Å². The molecule has 0 radical (unpaired) electrons. The van der Waals surface area contributed by atoms with Crippen LogP contribution in [0.1, 0.15) is 53.2 Å². The lowest BCUT2D eigenvalue weighted by molar-refractivity contribution is -0.150. The largest absolute Gasteiger partial charge is 0.489 e. The van der Waals surface area contributed by atoms with Crippen LogP contribution in [0.3, 0.4) is 0 Å². The average Bonchev–Trinajstić information content (AvgIpc) is 3.04. The molecule has 0 saturated heterocycles. The Morgan fingerprint density at radius 1 is 1.13 bits per heavy atom. The molecule has 0 aliphatic heterocycles. The first-order chi connectivity index (χ1) is 14.8. The van der Waals surface area contributed by atoms with E-state index in [4.69, 9.17) is 9.47 Å². The number of aryl methyl sites for hydroxylation is 1. The first kappa shape index (κ1) is 21.3. The van der Waals surface area contributed by atoms with Crippen LogP contribution in [0.4, 0.5) is 8.78 Å². The van der Waals surface area contributed by atoms with Crippen molar-refractivity contribution in [3.05, 3.63) is 64.2 Å². The highest BCUT2D eigenvalue weighted by atomic mass is 19.2. The summed E-state index contributed by atoms with van der Waals surface area (Å²) < 4.78 is 38.8. The SMILES string of the molecule is CCOC(=O)C1(NC(=O)c2cccc(C)c2OC2CCC2)Cc2cc(F)c(F)cc2C1. The Labute approximate surface area is 179 Å². The number of benzene rings is 2. The lowest BCUT2D eigenvalue weighted by Gasteiger charge is -2.30. The number of carbonyl (C=O) groups excluding carboxylic acids is 2. The van der Waals surface area contributed by atoms with Gasteiger partial charge in [0.05, 0.1) is 18.3 Å². The predicted molar refractivity (Wildman–Crippen MR) is 110 cm³/mol. The lowest BCUT2D eigenvalue weighted by atomic mass is 9.94. The van der Waals surface area contributed by atoms with Crippen LogP contribution >= 0.6 is 0 Å². The molecule has 2 aliphatic rings. The molecule has 1 amide bonds. The van der Waals surface area contributed by atoms with E-state index in [2.05, 4.69) is 5.32 Å². The van der Waals surface area contributed by atoms with Gasteiger partial charge in [0.2, 0.25) is 0 Å². The van der Waals surface area contributed by atoms with Gasteiger partial charge in [0.15, 0.2) is 11.6 Å². The molecular weight excluding hydrogens is 404 g/mol. The van der Waals surface area contributed by atoms with Crippen LogP contribution in [0.2, 0.25) is 0 Å². The number of hydrogen-bond donors (Lipinski definition) is 1. The number of hydrogen-bond acceptors (Lipinski definition) is 4. The number of esters is 1. The molecule has 1 saturated carbocycles. The van der Waals surface area contributed by atoms with E-state index in [-0.39, 0.29) is 25.6 Å². The van der Waals surface area contributed by atoms with Gasteiger partial charge in [0, 0.05) is 12.8 Å². The van der Waals surface area contributed by atoms with Gasteiger partial charge in [-0.1, -0.05) is 12.1 Å². The molecule has 1 N–H and O–H groups in total. The Morgan fingerprint density at radius 2 is 1.77 bits per heavy atom. The Morgan fingerprint density at radius 3 is 2.32 bits per heavy atom. The zero-order valence-electron chi connectivity index (χ0n) is 17.6. The molecular formula is C24H25F2NO4. The monoisotopic (exact) mass is 429 g/mol. The highest BCUT2D eigenvalue weighted by Crippen LogP contribution is 2.35. The highest BCUT2D eigenvalue weighted by molar-refractivity contribution is 6.01. The van der Waals surface area contributed by atoms with Crippen molar-refractivity contribution >= 4 is 11.9 Å². The summed E-state index contributed by atoms with van der Waals surface area (Å²) in [6.07, 6.45) is 3.09. The Bertz CT molecular complexity index is 1000. The van der Waals surface area contributed by atoms with Crippen molar-refractivity contribution in [2.75, 3.05) is 6.61 Å². The number of carbonyl (C=O) groups is 2. The third kappa shape index (κ3) is 4.01. The van der Waals surface area contributed by atoms with Crippen molar-refractivity contribution in [1.29, 1.82) is 0 Å². The molecule has 164 valence electrons. The first-order valence-corrected chi connectivity index (χ1v) is 10.6. The maximum Gasteiger partial charge on any atom is 0.332 e. The van der Waals surface area contributed by atoms with Crippen molar-refractivity contribution < 1.29 is 27.8 Å². The van der Waals surface area contributed by atoms with Crippen LogP contribution in [0.15, 0.2) is 30.3 Å². The van der Waals surface area contributed by atoms with E-state index in [0.29, 0.717) is 22.4 Å². The fourth-order valence-corrected chi connectivity index (χ4v) is 4.15. The molecule has 2 aromatic rings. The van der Waals surface area contributed by atoms with Crippen molar-refractivity contribution in [2.45, 2.75) is 57.6 Å². The number of amides is 1. The van der Waals surface area contributed by atoms with Crippen LogP contribution in [0.5, 0.6) is 5.75 Å². The molecule has 2 aliphatic carbocycles. The number of ether oxygens (including phenoxy) is 2. The summed E-state index contributed by atoms with van der Waals surface area (Å²) in [6.45, 7) is 3.65. The number of halogens is 2. The lowest BCUT2D eigenvalue weighted by Crippen LogP contribution is -2.56. The summed E-state index contributed by atoms with van der Waals surface area (Å²) in [5.41, 5.74) is 0.657. The topological polar surface area (TPSA) is 64.6 Å². The minimum Gasteiger partial charge on any atom is -0.489 e. The molecule has 0 heterocycles. The van der Waals surface area contributed by atoms with Crippen LogP contribution < -0.4 is 10.1 Å². The van der Waals surface area contributed by atoms with Crippen LogP contribution in [0, 0.1) is 18.6 Å². The molecule has 1 fully saturated rings. The van der Waals surface area contributed by atoms with E-state index < -0.39 is 29.0 Å². The van der Waals surface area contributed by atoms with E-state index in [1.54, 1.807) is 19.1 Å². The second kappa shape index (κ2) is 8.29. The third-order valence-electron chi connectivity index (χ3n) is 6.04. The summed E-state index contributed by atoms with van der Waals surface area (Å²) in [7, 11) is 0. The van der Waals surface area contributed by atoms with Crippen molar-refractivity contribution in [1.82, 2.24) is 5.32 Å². The minimum atomic E-state index is -1.44. The van der Waals surface area contributed by atoms with Crippen molar-refractivity contribution in [3.63, 3.8) is 0 Å². The third-order valence-corrected chi connectivity index (χ3v) is 6.04. The Balaban J connectivity index is 1.65. The molecule has 0 unspecified atom stereocenters. The van der Waals surface area contributed by atoms with Gasteiger partial charge in [-0.15, -0.1) is 0 Å². The molecule has 5 nitrogen and oxygen atoms in total. The fourth-order valence-electron chi connectivity index (χ4n) is 4.15. The summed E-state index contributed by atoms with van der Waals surface area (Å²) in [6, 6.07) is 7.42. The van der Waals surface area contributed by atoms with Gasteiger partial charge in [0.25, 0.3) is 5.91 Å². The maximum atomic E-state index is 13.8. The van der Waals surface area contributed by atoms with Crippen LogP contribution in [-0.2, 0) is 22.4 Å². The smallest absolute Gasteiger partial charge is 0.332 e. The van der Waals surface area contributed by atoms with Crippen molar-refractivity contribution in [3.8, 4) is 5.75 Å². The van der Waals surface area contributed by atoms with Gasteiger partial charge < -0.3 is 14.8 Å². The van der Waals surface area contributed by atoms with Gasteiger partial charge in [-0.3, -0.25) is 4.79 Å². The minimum absolute atomic E-state index is 0.0226. The average molecular weight is 429 g/mol. The number of nitrogens with one attached hydrogen (secondary N) is 1. The highest BCUT2D eigenvalue weighted by Gasteiger charge is 2.47. The van der Waals surface area contributed by atoms with Gasteiger partial charge in [-0.2, -0.15) is 0 Å². The molecule has 2 aromatic carbocycles. The zero-order valence-corrected chi connectivity index (χ0v) is 17.6. The van der Waals surface area contributed by atoms with Gasteiger partial charge in [0.1, 0.15) is 11.3 Å². The van der Waals surface area contributed by atoms with E-state index in [0.717, 1.165) is 37.0 Å². The second-order valence-corrected chi connectivity index (χ2v) is 8.27. The Kier molecular flexibility index (Phi) is 5.69. The van der Waals surface area contributed by atoms with E-state index in [1.807, 2.05) is 13.0 Å². The molecule has 4 rings (SSSR count). The van der Waals surface area contributed by atoms with E-state index >= 15 is 0 Å². The van der Waals surface area contributed by atoms with Gasteiger partial charge in [-0.25, -0.2) is 13.6 Å². The second-order valence-electron chi connectivity index (χ2n) is 8.27. The molecule has 31 heavy (non-hydrogen) atoms. The molecule has 0 bridgehead atoms. The van der Waals surface area contributed by atoms with E-state index in [9.17, 15) is 18.4 Å². The standard InChI is InChI=1S/C24H25F2NO4/c1-3-30-23(29)24(12-15-10-19(25)20(26)11-16(15)13-24)27-22(28)18-9-4-6-14(2)21(18)31-17-7-5-8-17/h4,6,9-11,17H,3,5,7-8,12-13H2,1-2H3,(H,27,28). The van der Waals surface area contributed by atoms with Gasteiger partial charge in [-0.05, 0) is 68.0 Å². The van der Waals surface area contributed by atoms with E-state index in [1.165, 1.54) is 0 Å². The summed E-state index contributed by atoms with van der Waals surface area (Å²) in [4.78, 5) is 26.2. The fraction of sp³-hybridized carbons (Fsp3) is 0.417. The number of fused-ring (bicyclic) bond motifs is 1. The zero-order chi connectivity index (χ0) is 22.2. The number of para-hydroxylation sites is 1. The number of rotatable bonds is 6. The van der Waals surface area contributed by atoms with Crippen LogP contribution in [-0.4, -0.2) is 30.1 Å². The normalized spacial score (nSPS) is 16.9. The summed E-state index contributed by atoms with van der Waals surface area (Å²) in [5.74, 6) is -2.59. The quantitative estimate of drug-likeness (QED) is 0.704. The Hall–Kier alpha value is -2.96. The molecule has 7 heteroatoms. The maximum absolute atomic E-state index is 13.8. The molecule has 0 atom stereocenters.